The predicted octanol–water partition coefficient (Wildman–Crippen LogP) is 2.52. The first-order chi connectivity index (χ1) is 8.19. The summed E-state index contributed by atoms with van der Waals surface area (Å²) in [5.74, 6) is 0.251. The normalized spacial score (nSPS) is 12.6. The van der Waals surface area contributed by atoms with Crippen molar-refractivity contribution in [3.05, 3.63) is 47.5 Å². The van der Waals surface area contributed by atoms with Crippen molar-refractivity contribution < 1.29 is 4.39 Å². The van der Waals surface area contributed by atoms with Crippen LogP contribution in [0, 0.1) is 5.82 Å². The van der Waals surface area contributed by atoms with Crippen LogP contribution in [0.5, 0.6) is 0 Å². The highest BCUT2D eigenvalue weighted by Gasteiger charge is 2.13. The van der Waals surface area contributed by atoms with E-state index in [0.29, 0.717) is 12.3 Å². The maximum Gasteiger partial charge on any atom is 0.123 e. The Balaban J connectivity index is 2.16. The van der Waals surface area contributed by atoms with Gasteiger partial charge in [0, 0.05) is 31.5 Å². The van der Waals surface area contributed by atoms with Gasteiger partial charge in [-0.1, -0.05) is 17.3 Å². The summed E-state index contributed by atoms with van der Waals surface area (Å²) in [7, 11) is 1.81. The van der Waals surface area contributed by atoms with Gasteiger partial charge in [0.15, 0.2) is 0 Å². The Morgan fingerprint density at radius 3 is 2.88 bits per heavy atom. The maximum absolute atomic E-state index is 13.1. The number of aromatic nitrogens is 3. The molecule has 1 heterocycles. The molecule has 0 saturated carbocycles. The molecular formula is C12H13ClFN3. The van der Waals surface area contributed by atoms with E-state index in [0.717, 1.165) is 11.3 Å². The zero-order valence-corrected chi connectivity index (χ0v) is 10.2. The van der Waals surface area contributed by atoms with Crippen molar-refractivity contribution >= 4 is 11.6 Å². The number of rotatable bonds is 4. The van der Waals surface area contributed by atoms with Gasteiger partial charge in [0.1, 0.15) is 5.82 Å². The summed E-state index contributed by atoms with van der Waals surface area (Å²) in [6, 6.07) is 6.52. The van der Waals surface area contributed by atoms with Gasteiger partial charge < -0.3 is 0 Å². The van der Waals surface area contributed by atoms with Crippen LogP contribution in [-0.4, -0.2) is 20.9 Å². The van der Waals surface area contributed by atoms with Gasteiger partial charge in [-0.2, -0.15) is 0 Å². The number of benzene rings is 1. The van der Waals surface area contributed by atoms with Gasteiger partial charge in [0.05, 0.1) is 5.69 Å². The summed E-state index contributed by atoms with van der Waals surface area (Å²) in [5, 5.41) is 7.88. The van der Waals surface area contributed by atoms with Crippen LogP contribution < -0.4 is 0 Å². The molecule has 2 aromatic rings. The minimum atomic E-state index is -0.239. The van der Waals surface area contributed by atoms with Crippen LogP contribution in [0.25, 0.3) is 0 Å². The summed E-state index contributed by atoms with van der Waals surface area (Å²) in [6.45, 7) is 0. The van der Waals surface area contributed by atoms with E-state index >= 15 is 0 Å². The standard InChI is InChI=1S/C12H13ClFN3/c1-17-8-12(15-16-17)6-10(7-13)9-3-2-4-11(14)5-9/h2-5,8,10H,6-7H2,1H3. The summed E-state index contributed by atoms with van der Waals surface area (Å²) < 4.78 is 14.8. The van der Waals surface area contributed by atoms with Gasteiger partial charge >= 0.3 is 0 Å². The highest BCUT2D eigenvalue weighted by Crippen LogP contribution is 2.22. The molecule has 1 aromatic carbocycles. The van der Waals surface area contributed by atoms with Crippen LogP contribution in [0.4, 0.5) is 4.39 Å². The molecule has 0 N–H and O–H groups in total. The molecule has 5 heteroatoms. The van der Waals surface area contributed by atoms with Crippen molar-refractivity contribution in [3.8, 4) is 0 Å². The Kier molecular flexibility index (Phi) is 3.74. The minimum Gasteiger partial charge on any atom is -0.255 e. The molecular weight excluding hydrogens is 241 g/mol. The van der Waals surface area contributed by atoms with Crippen molar-refractivity contribution in [2.24, 2.45) is 7.05 Å². The van der Waals surface area contributed by atoms with E-state index in [9.17, 15) is 4.39 Å². The molecule has 0 amide bonds. The SMILES string of the molecule is Cn1cc(CC(CCl)c2cccc(F)c2)nn1. The summed E-state index contributed by atoms with van der Waals surface area (Å²) in [5.41, 5.74) is 1.76. The van der Waals surface area contributed by atoms with Crippen LogP contribution >= 0.6 is 11.6 Å². The Morgan fingerprint density at radius 2 is 2.29 bits per heavy atom. The van der Waals surface area contributed by atoms with Gasteiger partial charge in [-0.3, -0.25) is 4.68 Å². The molecule has 1 unspecified atom stereocenters. The van der Waals surface area contributed by atoms with E-state index in [-0.39, 0.29) is 11.7 Å². The molecule has 17 heavy (non-hydrogen) atoms. The Labute approximate surface area is 104 Å². The second-order valence-corrected chi connectivity index (χ2v) is 4.30. The summed E-state index contributed by atoms with van der Waals surface area (Å²) in [6.07, 6.45) is 2.51. The third-order valence-electron chi connectivity index (χ3n) is 2.61. The number of hydrogen-bond donors (Lipinski definition) is 0. The number of halogens is 2. The molecule has 0 aliphatic heterocycles. The van der Waals surface area contributed by atoms with E-state index in [1.807, 2.05) is 19.3 Å². The van der Waals surface area contributed by atoms with Crippen LogP contribution in [0.15, 0.2) is 30.5 Å². The van der Waals surface area contributed by atoms with E-state index in [2.05, 4.69) is 10.3 Å². The minimum absolute atomic E-state index is 0.0593. The largest absolute Gasteiger partial charge is 0.255 e. The Bertz CT molecular complexity index is 498. The van der Waals surface area contributed by atoms with Crippen molar-refractivity contribution in [1.82, 2.24) is 15.0 Å². The Morgan fingerprint density at radius 1 is 1.47 bits per heavy atom. The highest BCUT2D eigenvalue weighted by molar-refractivity contribution is 6.18. The molecule has 0 aliphatic rings. The number of hydrogen-bond acceptors (Lipinski definition) is 2. The molecule has 0 aliphatic carbocycles. The molecule has 0 bridgehead atoms. The monoisotopic (exact) mass is 253 g/mol. The van der Waals surface area contributed by atoms with E-state index in [1.54, 1.807) is 10.7 Å². The lowest BCUT2D eigenvalue weighted by atomic mass is 9.96. The molecule has 2 rings (SSSR count). The first-order valence-electron chi connectivity index (χ1n) is 5.35. The van der Waals surface area contributed by atoms with E-state index in [4.69, 9.17) is 11.6 Å². The van der Waals surface area contributed by atoms with Crippen LogP contribution in [-0.2, 0) is 13.5 Å². The lowest BCUT2D eigenvalue weighted by Crippen LogP contribution is -2.05. The molecule has 1 atom stereocenters. The lowest BCUT2D eigenvalue weighted by Gasteiger charge is -2.12. The lowest BCUT2D eigenvalue weighted by molar-refractivity contribution is 0.620. The van der Waals surface area contributed by atoms with Crippen molar-refractivity contribution in [1.29, 1.82) is 0 Å². The quantitative estimate of drug-likeness (QED) is 0.784. The molecule has 1 aromatic heterocycles. The van der Waals surface area contributed by atoms with Gasteiger partial charge in [-0.25, -0.2) is 4.39 Å². The first-order valence-corrected chi connectivity index (χ1v) is 5.89. The smallest absolute Gasteiger partial charge is 0.123 e. The fourth-order valence-corrected chi connectivity index (χ4v) is 2.05. The second kappa shape index (κ2) is 5.27. The molecule has 0 saturated heterocycles. The molecule has 0 spiro atoms. The van der Waals surface area contributed by atoms with Crippen molar-refractivity contribution in [2.75, 3.05) is 5.88 Å². The average Bonchev–Trinajstić information content (AvgIpc) is 2.72. The number of alkyl halides is 1. The fraction of sp³-hybridized carbons (Fsp3) is 0.333. The van der Waals surface area contributed by atoms with Crippen LogP contribution in [0.1, 0.15) is 17.2 Å². The summed E-state index contributed by atoms with van der Waals surface area (Å²) >= 11 is 5.93. The van der Waals surface area contributed by atoms with E-state index in [1.165, 1.54) is 12.1 Å². The zero-order valence-electron chi connectivity index (χ0n) is 9.48. The molecule has 0 radical (unpaired) electrons. The number of aryl methyl sites for hydroxylation is 1. The molecule has 90 valence electrons. The number of nitrogens with zero attached hydrogens (tertiary/aromatic N) is 3. The van der Waals surface area contributed by atoms with Gasteiger partial charge in [-0.15, -0.1) is 16.7 Å². The molecule has 3 nitrogen and oxygen atoms in total. The third kappa shape index (κ3) is 3.03. The third-order valence-corrected chi connectivity index (χ3v) is 2.98. The molecule has 0 fully saturated rings. The Hall–Kier alpha value is -1.42. The van der Waals surface area contributed by atoms with Gasteiger partial charge in [0.25, 0.3) is 0 Å². The van der Waals surface area contributed by atoms with Gasteiger partial charge in [0.2, 0.25) is 0 Å². The first kappa shape index (κ1) is 12.0. The predicted molar refractivity (Wildman–Crippen MR) is 64.6 cm³/mol. The van der Waals surface area contributed by atoms with Crippen LogP contribution in [0.3, 0.4) is 0 Å². The topological polar surface area (TPSA) is 30.7 Å². The van der Waals surface area contributed by atoms with Crippen LogP contribution in [0.2, 0.25) is 0 Å². The zero-order chi connectivity index (χ0) is 12.3. The van der Waals surface area contributed by atoms with E-state index < -0.39 is 0 Å². The van der Waals surface area contributed by atoms with Crippen molar-refractivity contribution in [2.45, 2.75) is 12.3 Å². The fourth-order valence-electron chi connectivity index (χ4n) is 1.76. The average molecular weight is 254 g/mol. The highest BCUT2D eigenvalue weighted by atomic mass is 35.5. The summed E-state index contributed by atoms with van der Waals surface area (Å²) in [4.78, 5) is 0. The maximum atomic E-state index is 13.1. The van der Waals surface area contributed by atoms with Gasteiger partial charge in [-0.05, 0) is 17.7 Å². The van der Waals surface area contributed by atoms with Crippen molar-refractivity contribution in [3.63, 3.8) is 0 Å². The second-order valence-electron chi connectivity index (χ2n) is 3.99.